The third kappa shape index (κ3) is 3.97. The average Bonchev–Trinajstić information content (AvgIpc) is 2.50. The molecule has 0 bridgehead atoms. The van der Waals surface area contributed by atoms with Crippen molar-refractivity contribution in [1.29, 1.82) is 0 Å². The van der Waals surface area contributed by atoms with Gasteiger partial charge in [-0.1, -0.05) is 13.3 Å². The molecule has 0 aromatic carbocycles. The smallest absolute Gasteiger partial charge is 0.256 e. The molecule has 1 fully saturated rings. The van der Waals surface area contributed by atoms with E-state index in [9.17, 15) is 4.79 Å². The number of carbonyl (C=O) groups is 1. The summed E-state index contributed by atoms with van der Waals surface area (Å²) in [6.07, 6.45) is 5.36. The Kier molecular flexibility index (Phi) is 5.77. The molecule has 0 spiro atoms. The Hall–Kier alpha value is -1.62. The monoisotopic (exact) mass is 306 g/mol. The fraction of sp³-hybridized carbons (Fsp3) is 0.647. The number of aromatic nitrogens is 1. The number of rotatable bonds is 6. The Morgan fingerprint density at radius 2 is 2.23 bits per heavy atom. The molecule has 1 aliphatic rings. The molecule has 1 aromatic heterocycles. The second kappa shape index (κ2) is 7.58. The lowest BCUT2D eigenvalue weighted by Gasteiger charge is -2.38. The fourth-order valence-electron chi connectivity index (χ4n) is 3.11. The molecule has 0 saturated heterocycles. The highest BCUT2D eigenvalue weighted by Gasteiger charge is 2.42. The zero-order valence-electron chi connectivity index (χ0n) is 13.7. The van der Waals surface area contributed by atoms with Gasteiger partial charge in [-0.2, -0.15) is 0 Å². The maximum atomic E-state index is 12.7. The van der Waals surface area contributed by atoms with Crippen LogP contribution in [0, 0.1) is 5.92 Å². The van der Waals surface area contributed by atoms with Gasteiger partial charge in [-0.15, -0.1) is 0 Å². The summed E-state index contributed by atoms with van der Waals surface area (Å²) < 4.78 is 11.2. The van der Waals surface area contributed by atoms with Crippen LogP contribution in [0.3, 0.4) is 0 Å². The molecule has 1 heterocycles. The molecule has 1 N–H and O–H groups in total. The van der Waals surface area contributed by atoms with Crippen molar-refractivity contribution in [3.8, 4) is 5.88 Å². The van der Waals surface area contributed by atoms with E-state index in [2.05, 4.69) is 17.2 Å². The minimum atomic E-state index is -0.703. The van der Waals surface area contributed by atoms with E-state index in [-0.39, 0.29) is 5.91 Å². The van der Waals surface area contributed by atoms with Crippen molar-refractivity contribution < 1.29 is 14.3 Å². The van der Waals surface area contributed by atoms with E-state index in [1.165, 1.54) is 0 Å². The number of anilines is 1. The normalized spacial score (nSPS) is 24.8. The number of pyridine rings is 1. The van der Waals surface area contributed by atoms with Gasteiger partial charge in [-0.3, -0.25) is 4.79 Å². The Morgan fingerprint density at radius 3 is 2.82 bits per heavy atom. The van der Waals surface area contributed by atoms with Gasteiger partial charge in [0.05, 0.1) is 18.5 Å². The molecule has 1 aliphatic carbocycles. The number of amides is 1. The minimum absolute atomic E-state index is 0.0631. The number of ether oxygens (including phenoxy) is 2. The lowest BCUT2D eigenvalue weighted by molar-refractivity contribution is -0.147. The van der Waals surface area contributed by atoms with Gasteiger partial charge >= 0.3 is 0 Å². The average molecular weight is 306 g/mol. The van der Waals surface area contributed by atoms with Crippen molar-refractivity contribution in [2.45, 2.75) is 52.1 Å². The predicted octanol–water partition coefficient (Wildman–Crippen LogP) is 3.40. The molecule has 122 valence electrons. The quantitative estimate of drug-likeness (QED) is 0.875. The maximum Gasteiger partial charge on any atom is 0.256 e. The Labute approximate surface area is 132 Å². The molecule has 5 nitrogen and oxygen atoms in total. The van der Waals surface area contributed by atoms with Crippen molar-refractivity contribution in [2.24, 2.45) is 5.92 Å². The molecular weight excluding hydrogens is 280 g/mol. The Bertz CT molecular complexity index is 485. The van der Waals surface area contributed by atoms with Crippen molar-refractivity contribution in [3.63, 3.8) is 0 Å². The van der Waals surface area contributed by atoms with Gasteiger partial charge < -0.3 is 14.8 Å². The molecule has 0 radical (unpaired) electrons. The zero-order chi connectivity index (χ0) is 16.0. The summed E-state index contributed by atoms with van der Waals surface area (Å²) in [7, 11) is 0. The number of nitrogens with one attached hydrogen (secondary N) is 1. The molecule has 22 heavy (non-hydrogen) atoms. The first kappa shape index (κ1) is 16.7. The first-order valence-electron chi connectivity index (χ1n) is 8.14. The maximum absolute atomic E-state index is 12.7. The summed E-state index contributed by atoms with van der Waals surface area (Å²) >= 11 is 0. The molecule has 2 atom stereocenters. The lowest BCUT2D eigenvalue weighted by atomic mass is 9.78. The number of hydrogen-bond acceptors (Lipinski definition) is 4. The van der Waals surface area contributed by atoms with Gasteiger partial charge in [0.2, 0.25) is 5.88 Å². The predicted molar refractivity (Wildman–Crippen MR) is 86.0 cm³/mol. The summed E-state index contributed by atoms with van der Waals surface area (Å²) in [4.78, 5) is 16.9. The zero-order valence-corrected chi connectivity index (χ0v) is 13.7. The molecule has 5 heteroatoms. The van der Waals surface area contributed by atoms with Gasteiger partial charge in [0.25, 0.3) is 5.91 Å². The summed E-state index contributed by atoms with van der Waals surface area (Å²) in [6.45, 7) is 7.14. The number of nitrogens with zero attached hydrogens (tertiary/aromatic N) is 1. The van der Waals surface area contributed by atoms with Crippen LogP contribution in [0.5, 0.6) is 5.88 Å². The second-order valence-corrected chi connectivity index (χ2v) is 5.90. The van der Waals surface area contributed by atoms with Gasteiger partial charge in [-0.25, -0.2) is 4.98 Å². The van der Waals surface area contributed by atoms with Crippen LogP contribution in [-0.4, -0.2) is 29.7 Å². The van der Waals surface area contributed by atoms with E-state index in [4.69, 9.17) is 9.47 Å². The molecule has 1 aromatic rings. The van der Waals surface area contributed by atoms with Crippen LogP contribution in [0.2, 0.25) is 0 Å². The van der Waals surface area contributed by atoms with E-state index >= 15 is 0 Å². The first-order chi connectivity index (χ1) is 10.6. The van der Waals surface area contributed by atoms with Crippen molar-refractivity contribution in [1.82, 2.24) is 4.98 Å². The fourth-order valence-corrected chi connectivity index (χ4v) is 3.11. The van der Waals surface area contributed by atoms with Crippen LogP contribution in [0.25, 0.3) is 0 Å². The van der Waals surface area contributed by atoms with E-state index in [0.717, 1.165) is 25.7 Å². The third-order valence-corrected chi connectivity index (χ3v) is 4.08. The second-order valence-electron chi connectivity index (χ2n) is 5.90. The summed E-state index contributed by atoms with van der Waals surface area (Å²) in [6, 6.07) is 3.57. The van der Waals surface area contributed by atoms with Crippen LogP contribution in [0.1, 0.15) is 46.5 Å². The highest BCUT2D eigenvalue weighted by atomic mass is 16.5. The van der Waals surface area contributed by atoms with Crippen LogP contribution >= 0.6 is 0 Å². The highest BCUT2D eigenvalue weighted by molar-refractivity contribution is 5.97. The van der Waals surface area contributed by atoms with E-state index in [1.807, 2.05) is 19.9 Å². The SMILES string of the molecule is CCOc1ccc(NC(=O)[C@@]2(OCC)CCC[C@H](C)C2)cn1. The number of carbonyl (C=O) groups excluding carboxylic acids is 1. The van der Waals surface area contributed by atoms with Gasteiger partial charge in [0.1, 0.15) is 5.60 Å². The van der Waals surface area contributed by atoms with Gasteiger partial charge in [-0.05, 0) is 45.1 Å². The van der Waals surface area contributed by atoms with Crippen molar-refractivity contribution in [3.05, 3.63) is 18.3 Å². The molecule has 0 unspecified atom stereocenters. The van der Waals surface area contributed by atoms with Gasteiger partial charge in [0.15, 0.2) is 0 Å². The highest BCUT2D eigenvalue weighted by Crippen LogP contribution is 2.36. The molecule has 0 aliphatic heterocycles. The molecule has 2 rings (SSSR count). The van der Waals surface area contributed by atoms with Crippen LogP contribution in [0.15, 0.2) is 18.3 Å². The van der Waals surface area contributed by atoms with E-state index < -0.39 is 5.60 Å². The topological polar surface area (TPSA) is 60.5 Å². The van der Waals surface area contributed by atoms with Crippen LogP contribution in [0.4, 0.5) is 5.69 Å². The van der Waals surface area contributed by atoms with Crippen LogP contribution in [-0.2, 0) is 9.53 Å². The minimum Gasteiger partial charge on any atom is -0.478 e. The molecular formula is C17H26N2O3. The standard InChI is InChI=1S/C17H26N2O3/c1-4-21-15-9-8-14(12-18-15)19-16(20)17(22-5-2)10-6-7-13(3)11-17/h8-9,12-13H,4-7,10-11H2,1-3H3,(H,19,20)/t13-,17+/m0/s1. The molecule has 1 saturated carbocycles. The summed E-state index contributed by atoms with van der Waals surface area (Å²) in [5.74, 6) is 1.00. The lowest BCUT2D eigenvalue weighted by Crippen LogP contribution is -2.48. The summed E-state index contributed by atoms with van der Waals surface area (Å²) in [5.41, 5.74) is -0.0314. The Morgan fingerprint density at radius 1 is 1.41 bits per heavy atom. The van der Waals surface area contributed by atoms with E-state index in [0.29, 0.717) is 30.7 Å². The largest absolute Gasteiger partial charge is 0.478 e. The third-order valence-electron chi connectivity index (χ3n) is 4.08. The summed E-state index contributed by atoms with van der Waals surface area (Å²) in [5, 5.41) is 2.95. The van der Waals surface area contributed by atoms with Crippen LogP contribution < -0.4 is 10.1 Å². The van der Waals surface area contributed by atoms with E-state index in [1.54, 1.807) is 12.3 Å². The van der Waals surface area contributed by atoms with Gasteiger partial charge in [0, 0.05) is 12.7 Å². The molecule has 1 amide bonds. The van der Waals surface area contributed by atoms with Crippen molar-refractivity contribution >= 4 is 11.6 Å². The van der Waals surface area contributed by atoms with Crippen molar-refractivity contribution in [2.75, 3.05) is 18.5 Å². The Balaban J connectivity index is 2.07. The first-order valence-corrected chi connectivity index (χ1v) is 8.14. The number of hydrogen-bond donors (Lipinski definition) is 1.